The van der Waals surface area contributed by atoms with Gasteiger partial charge >= 0.3 is 17.9 Å². The molecule has 0 amide bonds. The SMILES string of the molecule is CCCCCCCC(=O)OC[C@@H](COC(=O)CCCCCCCCCCC(C)CC)OC(=O)CCCCCCCCC(C)CC. The lowest BCUT2D eigenvalue weighted by Crippen LogP contribution is -2.30. The van der Waals surface area contributed by atoms with Gasteiger partial charge in [0, 0.05) is 19.3 Å². The van der Waals surface area contributed by atoms with Gasteiger partial charge in [-0.05, 0) is 31.1 Å². The van der Waals surface area contributed by atoms with Crippen molar-refractivity contribution in [2.75, 3.05) is 13.2 Å². The van der Waals surface area contributed by atoms with Gasteiger partial charge in [-0.3, -0.25) is 14.4 Å². The maximum absolute atomic E-state index is 12.6. The van der Waals surface area contributed by atoms with Crippen LogP contribution in [0.4, 0.5) is 0 Å². The normalized spacial score (nSPS) is 13.3. The fraction of sp³-hybridized carbons (Fsp3) is 0.923. The molecule has 0 heterocycles. The summed E-state index contributed by atoms with van der Waals surface area (Å²) in [5.41, 5.74) is 0. The van der Waals surface area contributed by atoms with Gasteiger partial charge < -0.3 is 14.2 Å². The Hall–Kier alpha value is -1.59. The van der Waals surface area contributed by atoms with Crippen LogP contribution in [0.1, 0.15) is 202 Å². The van der Waals surface area contributed by atoms with E-state index in [1.54, 1.807) is 0 Å². The van der Waals surface area contributed by atoms with Crippen LogP contribution in [-0.2, 0) is 28.6 Å². The Morgan fingerprint density at radius 1 is 0.444 bits per heavy atom. The highest BCUT2D eigenvalue weighted by molar-refractivity contribution is 5.71. The van der Waals surface area contributed by atoms with Gasteiger partial charge in [-0.15, -0.1) is 0 Å². The topological polar surface area (TPSA) is 78.9 Å². The van der Waals surface area contributed by atoms with Crippen LogP contribution in [-0.4, -0.2) is 37.2 Å². The van der Waals surface area contributed by atoms with Crippen LogP contribution < -0.4 is 0 Å². The number of ether oxygens (including phenoxy) is 3. The van der Waals surface area contributed by atoms with Crippen molar-refractivity contribution in [3.63, 3.8) is 0 Å². The van der Waals surface area contributed by atoms with Crippen molar-refractivity contribution in [1.82, 2.24) is 0 Å². The predicted molar refractivity (Wildman–Crippen MR) is 187 cm³/mol. The molecule has 0 aromatic rings. The van der Waals surface area contributed by atoms with Gasteiger partial charge in [-0.1, -0.05) is 163 Å². The monoisotopic (exact) mass is 639 g/mol. The maximum Gasteiger partial charge on any atom is 0.306 e. The molecule has 266 valence electrons. The number of carbonyl (C=O) groups excluding carboxylic acids is 3. The average molecular weight is 639 g/mol. The molecule has 0 N–H and O–H groups in total. The van der Waals surface area contributed by atoms with E-state index in [0.29, 0.717) is 19.3 Å². The van der Waals surface area contributed by atoms with Crippen LogP contribution >= 0.6 is 0 Å². The number of rotatable bonds is 33. The van der Waals surface area contributed by atoms with Crippen LogP contribution in [0.15, 0.2) is 0 Å². The maximum atomic E-state index is 12.6. The van der Waals surface area contributed by atoms with Gasteiger partial charge in [0.25, 0.3) is 0 Å². The number of hydrogen-bond donors (Lipinski definition) is 0. The van der Waals surface area contributed by atoms with E-state index >= 15 is 0 Å². The summed E-state index contributed by atoms with van der Waals surface area (Å²) < 4.78 is 16.5. The van der Waals surface area contributed by atoms with Crippen molar-refractivity contribution < 1.29 is 28.6 Å². The second-order valence-electron chi connectivity index (χ2n) is 13.7. The zero-order valence-corrected chi connectivity index (χ0v) is 30.5. The number of unbranched alkanes of at least 4 members (excludes halogenated alkanes) is 16. The molecule has 0 aromatic heterocycles. The molecule has 0 aliphatic rings. The number of esters is 3. The second kappa shape index (κ2) is 32.4. The van der Waals surface area contributed by atoms with Crippen LogP contribution in [0.5, 0.6) is 0 Å². The van der Waals surface area contributed by atoms with Crippen molar-refractivity contribution in [1.29, 1.82) is 0 Å². The minimum Gasteiger partial charge on any atom is -0.462 e. The fourth-order valence-corrected chi connectivity index (χ4v) is 5.45. The van der Waals surface area contributed by atoms with Crippen LogP contribution in [0.2, 0.25) is 0 Å². The fourth-order valence-electron chi connectivity index (χ4n) is 5.45. The lowest BCUT2D eigenvalue weighted by atomic mass is 9.99. The quantitative estimate of drug-likeness (QED) is 0.0404. The molecular weight excluding hydrogens is 564 g/mol. The summed E-state index contributed by atoms with van der Waals surface area (Å²) in [5.74, 6) is 0.773. The van der Waals surface area contributed by atoms with E-state index in [-0.39, 0.29) is 31.1 Å². The van der Waals surface area contributed by atoms with E-state index < -0.39 is 6.10 Å². The molecule has 45 heavy (non-hydrogen) atoms. The van der Waals surface area contributed by atoms with E-state index in [9.17, 15) is 14.4 Å². The van der Waals surface area contributed by atoms with Crippen molar-refractivity contribution in [3.8, 4) is 0 Å². The Balaban J connectivity index is 4.31. The summed E-state index contributed by atoms with van der Waals surface area (Å²) in [6.07, 6.45) is 26.8. The van der Waals surface area contributed by atoms with Crippen molar-refractivity contribution in [3.05, 3.63) is 0 Å². The molecule has 0 saturated carbocycles. The zero-order valence-electron chi connectivity index (χ0n) is 30.5. The molecule has 0 fully saturated rings. The van der Waals surface area contributed by atoms with Gasteiger partial charge in [0.1, 0.15) is 13.2 Å². The van der Waals surface area contributed by atoms with Gasteiger partial charge in [0.15, 0.2) is 6.10 Å². The highest BCUT2D eigenvalue weighted by Gasteiger charge is 2.19. The molecular formula is C39H74O6. The Morgan fingerprint density at radius 3 is 1.16 bits per heavy atom. The van der Waals surface area contributed by atoms with E-state index in [1.165, 1.54) is 83.5 Å². The van der Waals surface area contributed by atoms with E-state index in [0.717, 1.165) is 76.0 Å². The minimum atomic E-state index is -0.758. The van der Waals surface area contributed by atoms with Crippen molar-refractivity contribution in [2.45, 2.75) is 208 Å². The first kappa shape index (κ1) is 43.4. The number of hydrogen-bond acceptors (Lipinski definition) is 6. The Labute approximate surface area is 278 Å². The summed E-state index contributed by atoms with van der Waals surface area (Å²) in [7, 11) is 0. The summed E-state index contributed by atoms with van der Waals surface area (Å²) in [4.78, 5) is 37.2. The first-order chi connectivity index (χ1) is 21.8. The van der Waals surface area contributed by atoms with E-state index in [2.05, 4.69) is 34.6 Å². The molecule has 0 aromatic carbocycles. The smallest absolute Gasteiger partial charge is 0.306 e. The Morgan fingerprint density at radius 2 is 0.778 bits per heavy atom. The van der Waals surface area contributed by atoms with E-state index in [4.69, 9.17) is 14.2 Å². The number of carbonyl (C=O) groups is 3. The zero-order chi connectivity index (χ0) is 33.4. The third-order valence-corrected chi connectivity index (χ3v) is 9.19. The Bertz CT molecular complexity index is 693. The molecule has 0 spiro atoms. The first-order valence-corrected chi connectivity index (χ1v) is 19.3. The van der Waals surface area contributed by atoms with Gasteiger partial charge in [0.2, 0.25) is 0 Å². The molecule has 6 nitrogen and oxygen atoms in total. The molecule has 2 unspecified atom stereocenters. The lowest BCUT2D eigenvalue weighted by Gasteiger charge is -2.18. The molecule has 0 rings (SSSR count). The average Bonchev–Trinajstić information content (AvgIpc) is 3.03. The van der Waals surface area contributed by atoms with Crippen LogP contribution in [0.3, 0.4) is 0 Å². The summed E-state index contributed by atoms with van der Waals surface area (Å²) >= 11 is 0. The molecule has 6 heteroatoms. The molecule has 0 bridgehead atoms. The molecule has 3 atom stereocenters. The first-order valence-electron chi connectivity index (χ1n) is 19.3. The third kappa shape index (κ3) is 30.8. The summed E-state index contributed by atoms with van der Waals surface area (Å²) in [6, 6.07) is 0. The standard InChI is InChI=1S/C39H74O6/c1-6-9-10-17-24-29-37(40)43-32-36(45-39(42)31-26-21-16-15-19-23-28-35(5)8-3)33-44-38(41)30-25-20-14-12-11-13-18-22-27-34(4)7-2/h34-36H,6-33H2,1-5H3/t34?,35?,36-/m0/s1. The molecule has 0 aliphatic carbocycles. The van der Waals surface area contributed by atoms with Gasteiger partial charge in [-0.25, -0.2) is 0 Å². The van der Waals surface area contributed by atoms with Crippen molar-refractivity contribution >= 4 is 17.9 Å². The highest BCUT2D eigenvalue weighted by Crippen LogP contribution is 2.16. The van der Waals surface area contributed by atoms with Crippen molar-refractivity contribution in [2.24, 2.45) is 11.8 Å². The molecule has 0 aliphatic heterocycles. The van der Waals surface area contributed by atoms with E-state index in [1.807, 2.05) is 0 Å². The Kier molecular flexibility index (Phi) is 31.2. The second-order valence-corrected chi connectivity index (χ2v) is 13.7. The molecule has 0 saturated heterocycles. The summed E-state index contributed by atoms with van der Waals surface area (Å²) in [6.45, 7) is 11.2. The van der Waals surface area contributed by atoms with Gasteiger partial charge in [0.05, 0.1) is 0 Å². The summed E-state index contributed by atoms with van der Waals surface area (Å²) in [5, 5.41) is 0. The molecule has 0 radical (unpaired) electrons. The predicted octanol–water partition coefficient (Wildman–Crippen LogP) is 11.5. The van der Waals surface area contributed by atoms with Crippen LogP contribution in [0.25, 0.3) is 0 Å². The van der Waals surface area contributed by atoms with Crippen LogP contribution in [0, 0.1) is 11.8 Å². The largest absolute Gasteiger partial charge is 0.462 e. The highest BCUT2D eigenvalue weighted by atomic mass is 16.6. The minimum absolute atomic E-state index is 0.0683. The third-order valence-electron chi connectivity index (χ3n) is 9.19. The van der Waals surface area contributed by atoms with Gasteiger partial charge in [-0.2, -0.15) is 0 Å². The lowest BCUT2D eigenvalue weighted by molar-refractivity contribution is -0.167.